The number of hydrogen-bond acceptors (Lipinski definition) is 7. The third-order valence-corrected chi connectivity index (χ3v) is 3.34. The van der Waals surface area contributed by atoms with E-state index in [-0.39, 0.29) is 11.5 Å². The Labute approximate surface area is 145 Å². The fourth-order valence-corrected chi connectivity index (χ4v) is 2.14. The van der Waals surface area contributed by atoms with E-state index >= 15 is 0 Å². The minimum atomic E-state index is -1.29. The summed E-state index contributed by atoms with van der Waals surface area (Å²) in [5.41, 5.74) is 0.561. The van der Waals surface area contributed by atoms with E-state index in [0.29, 0.717) is 17.0 Å². The highest BCUT2D eigenvalue weighted by atomic mass is 16.7. The van der Waals surface area contributed by atoms with Crippen LogP contribution in [0.5, 0.6) is 5.75 Å². The maximum atomic E-state index is 12.2. The molecule has 8 heteroatoms. The van der Waals surface area contributed by atoms with Crippen molar-refractivity contribution in [2.45, 2.75) is 19.6 Å². The monoisotopic (exact) mass is 348 g/mol. The van der Waals surface area contributed by atoms with E-state index in [4.69, 9.17) is 14.2 Å². The van der Waals surface area contributed by atoms with Gasteiger partial charge in [-0.05, 0) is 18.2 Å². The van der Waals surface area contributed by atoms with Crippen LogP contribution in [0.25, 0.3) is 0 Å². The molecule has 8 nitrogen and oxygen atoms in total. The van der Waals surface area contributed by atoms with Crippen molar-refractivity contribution in [3.05, 3.63) is 35.5 Å². The van der Waals surface area contributed by atoms with Crippen LogP contribution in [-0.2, 0) is 19.1 Å². The van der Waals surface area contributed by atoms with Crippen molar-refractivity contribution < 1.29 is 28.6 Å². The summed E-state index contributed by atoms with van der Waals surface area (Å²) in [5.74, 6) is -2.70. The fourth-order valence-electron chi connectivity index (χ4n) is 2.14. The van der Waals surface area contributed by atoms with Gasteiger partial charge in [-0.2, -0.15) is 0 Å². The largest absolute Gasteiger partial charge is 0.496 e. The van der Waals surface area contributed by atoms with Crippen molar-refractivity contribution >= 4 is 23.5 Å². The third kappa shape index (κ3) is 4.09. The van der Waals surface area contributed by atoms with E-state index in [0.717, 1.165) is 0 Å². The van der Waals surface area contributed by atoms with E-state index in [1.807, 2.05) is 0 Å². The molecule has 1 aliphatic rings. The number of carbonyl (C=O) groups is 3. The van der Waals surface area contributed by atoms with Gasteiger partial charge < -0.3 is 24.4 Å². The van der Waals surface area contributed by atoms with Crippen molar-refractivity contribution in [1.29, 1.82) is 0 Å². The Bertz CT molecular complexity index is 730. The van der Waals surface area contributed by atoms with Gasteiger partial charge in [0.2, 0.25) is 0 Å². The predicted octanol–water partition coefficient (Wildman–Crippen LogP) is 1.53. The molecule has 0 spiro atoms. The smallest absolute Gasteiger partial charge is 0.350 e. The van der Waals surface area contributed by atoms with Crippen LogP contribution in [0, 0.1) is 0 Å². The number of methoxy groups -OCH3 is 1. The maximum absolute atomic E-state index is 12.2. The van der Waals surface area contributed by atoms with Crippen molar-refractivity contribution in [2.24, 2.45) is 0 Å². The van der Waals surface area contributed by atoms with Crippen LogP contribution in [-0.4, -0.2) is 49.7 Å². The molecule has 0 unspecified atom stereocenters. The molecule has 0 bridgehead atoms. The lowest BCUT2D eigenvalue weighted by Crippen LogP contribution is -2.42. The second-order valence-corrected chi connectivity index (χ2v) is 6.00. The van der Waals surface area contributed by atoms with Gasteiger partial charge in [0, 0.05) is 39.8 Å². The Hall–Kier alpha value is -3.03. The van der Waals surface area contributed by atoms with Gasteiger partial charge in [-0.3, -0.25) is 4.79 Å². The van der Waals surface area contributed by atoms with Crippen LogP contribution in [0.4, 0.5) is 5.69 Å². The number of nitrogens with zero attached hydrogens (tertiary/aromatic N) is 1. The van der Waals surface area contributed by atoms with E-state index in [9.17, 15) is 14.4 Å². The third-order valence-electron chi connectivity index (χ3n) is 3.34. The van der Waals surface area contributed by atoms with Gasteiger partial charge in [0.15, 0.2) is 5.57 Å². The lowest BCUT2D eigenvalue weighted by molar-refractivity contribution is -0.222. The van der Waals surface area contributed by atoms with Crippen LogP contribution in [0.15, 0.2) is 30.0 Å². The van der Waals surface area contributed by atoms with Crippen LogP contribution < -0.4 is 10.1 Å². The molecular weight excluding hydrogens is 328 g/mol. The normalized spacial score (nSPS) is 15.8. The first-order chi connectivity index (χ1) is 11.6. The van der Waals surface area contributed by atoms with Gasteiger partial charge in [0.1, 0.15) is 5.75 Å². The number of rotatable bonds is 4. The molecule has 2 rings (SSSR count). The van der Waals surface area contributed by atoms with E-state index in [1.54, 1.807) is 32.3 Å². The number of nitrogens with one attached hydrogen (secondary N) is 1. The highest BCUT2D eigenvalue weighted by molar-refractivity contribution is 6.15. The molecule has 25 heavy (non-hydrogen) atoms. The summed E-state index contributed by atoms with van der Waals surface area (Å²) >= 11 is 0. The molecule has 0 radical (unpaired) electrons. The Morgan fingerprint density at radius 1 is 1.20 bits per heavy atom. The average Bonchev–Trinajstić information content (AvgIpc) is 2.51. The zero-order valence-electron chi connectivity index (χ0n) is 14.7. The molecule has 0 saturated carbocycles. The number of amides is 1. The van der Waals surface area contributed by atoms with E-state index in [1.165, 1.54) is 32.1 Å². The summed E-state index contributed by atoms with van der Waals surface area (Å²) in [4.78, 5) is 37.4. The molecule has 1 aliphatic heterocycles. The van der Waals surface area contributed by atoms with Gasteiger partial charge in [-0.15, -0.1) is 0 Å². The van der Waals surface area contributed by atoms with Crippen molar-refractivity contribution in [3.8, 4) is 5.75 Å². The summed E-state index contributed by atoms with van der Waals surface area (Å²) in [7, 11) is 4.71. The van der Waals surface area contributed by atoms with Crippen LogP contribution in [0.1, 0.15) is 24.2 Å². The number of anilines is 1. The summed E-state index contributed by atoms with van der Waals surface area (Å²) in [6, 6.07) is 4.81. The molecule has 1 amide bonds. The van der Waals surface area contributed by atoms with Gasteiger partial charge >= 0.3 is 11.9 Å². The van der Waals surface area contributed by atoms with Gasteiger partial charge in [0.05, 0.1) is 12.7 Å². The topological polar surface area (TPSA) is 94.2 Å². The minimum Gasteiger partial charge on any atom is -0.496 e. The molecule has 134 valence electrons. The predicted molar refractivity (Wildman–Crippen MR) is 89.0 cm³/mol. The molecule has 1 aromatic carbocycles. The molecular formula is C17H20N2O6. The molecule has 0 aliphatic carbocycles. The van der Waals surface area contributed by atoms with Crippen LogP contribution in [0.3, 0.4) is 0 Å². The summed E-state index contributed by atoms with van der Waals surface area (Å²) < 4.78 is 15.2. The quantitative estimate of drug-likeness (QED) is 0.501. The maximum Gasteiger partial charge on any atom is 0.350 e. The SMILES string of the molecule is COc1ccc(NC=C2C(=O)OC(C)(C)OC2=O)cc1C(=O)N(C)C. The Balaban J connectivity index is 2.26. The standard InChI is InChI=1S/C17H20N2O6/c1-17(2)24-15(21)12(16(22)25-17)9-18-10-6-7-13(23-5)11(8-10)14(20)19(3)4/h6-9,18H,1-5H3. The van der Waals surface area contributed by atoms with Crippen LogP contribution in [0.2, 0.25) is 0 Å². The van der Waals surface area contributed by atoms with E-state index in [2.05, 4.69) is 5.32 Å². The van der Waals surface area contributed by atoms with Crippen molar-refractivity contribution in [1.82, 2.24) is 4.90 Å². The Morgan fingerprint density at radius 3 is 2.32 bits per heavy atom. The Morgan fingerprint density at radius 2 is 1.80 bits per heavy atom. The first-order valence-corrected chi connectivity index (χ1v) is 7.47. The molecule has 1 aromatic rings. The van der Waals surface area contributed by atoms with Crippen LogP contribution >= 0.6 is 0 Å². The molecule has 1 saturated heterocycles. The molecule has 1 heterocycles. The fraction of sp³-hybridized carbons (Fsp3) is 0.353. The number of carbonyl (C=O) groups excluding carboxylic acids is 3. The molecule has 0 aromatic heterocycles. The first-order valence-electron chi connectivity index (χ1n) is 7.47. The highest BCUT2D eigenvalue weighted by Crippen LogP contribution is 2.25. The second kappa shape index (κ2) is 6.84. The number of benzene rings is 1. The molecule has 1 fully saturated rings. The van der Waals surface area contributed by atoms with Gasteiger partial charge in [0.25, 0.3) is 11.7 Å². The second-order valence-electron chi connectivity index (χ2n) is 6.00. The highest BCUT2D eigenvalue weighted by Gasteiger charge is 2.38. The average molecular weight is 348 g/mol. The number of cyclic esters (lactones) is 2. The van der Waals surface area contributed by atoms with Crippen molar-refractivity contribution in [2.75, 3.05) is 26.5 Å². The zero-order chi connectivity index (χ0) is 18.8. The number of esters is 2. The zero-order valence-corrected chi connectivity index (χ0v) is 14.7. The van der Waals surface area contributed by atoms with Gasteiger partial charge in [-0.1, -0.05) is 0 Å². The minimum absolute atomic E-state index is 0.244. The summed E-state index contributed by atoms with van der Waals surface area (Å²) in [6.45, 7) is 2.94. The molecule has 1 N–H and O–H groups in total. The van der Waals surface area contributed by atoms with Crippen molar-refractivity contribution in [3.63, 3.8) is 0 Å². The van der Waals surface area contributed by atoms with E-state index < -0.39 is 17.7 Å². The first kappa shape index (κ1) is 18.3. The lowest BCUT2D eigenvalue weighted by atomic mass is 10.1. The lowest BCUT2D eigenvalue weighted by Gasteiger charge is -2.29. The number of hydrogen-bond donors (Lipinski definition) is 1. The summed E-state index contributed by atoms with van der Waals surface area (Å²) in [6.07, 6.45) is 1.19. The summed E-state index contributed by atoms with van der Waals surface area (Å²) in [5, 5.41) is 2.80. The molecule has 0 atom stereocenters. The Kier molecular flexibility index (Phi) is 5.01. The van der Waals surface area contributed by atoms with Gasteiger partial charge in [-0.25, -0.2) is 9.59 Å². The number of ether oxygens (including phenoxy) is 3.